The summed E-state index contributed by atoms with van der Waals surface area (Å²) in [5.74, 6) is -1.42. The van der Waals surface area contributed by atoms with Gasteiger partial charge in [-0.1, -0.05) is 30.3 Å². The SMILES string of the molecule is COc1ccc(-n2nnnc2C(F)(F)F)cc1CN[C@H]1CCN(C(=O)c2cc(=O)[nH]c(=O)[nH]2)C[C@H]1c1ccccc1.Cl. The Balaban J connectivity index is 0.00000405. The van der Waals surface area contributed by atoms with E-state index in [0.29, 0.717) is 35.5 Å². The second-order valence-corrected chi connectivity index (χ2v) is 9.45. The molecule has 1 saturated heterocycles. The van der Waals surface area contributed by atoms with Gasteiger partial charge in [0.25, 0.3) is 17.3 Å². The number of ether oxygens (including phenoxy) is 1. The fraction of sp³-hybridized carbons (Fsp3) is 0.308. The van der Waals surface area contributed by atoms with Crippen molar-refractivity contribution in [1.82, 2.24) is 40.4 Å². The Hall–Kier alpha value is -4.50. The molecule has 12 nitrogen and oxygen atoms in total. The van der Waals surface area contributed by atoms with Crippen molar-refractivity contribution in [3.8, 4) is 11.4 Å². The molecule has 2 aromatic heterocycles. The number of carbonyl (C=O) groups is 1. The zero-order valence-electron chi connectivity index (χ0n) is 22.1. The minimum absolute atomic E-state index is 0. The number of H-pyrrole nitrogens is 2. The molecule has 0 bridgehead atoms. The number of hydrogen-bond donors (Lipinski definition) is 3. The van der Waals surface area contributed by atoms with Gasteiger partial charge in [-0.2, -0.15) is 17.9 Å². The molecule has 1 amide bonds. The van der Waals surface area contributed by atoms with Gasteiger partial charge in [0, 0.05) is 43.2 Å². The van der Waals surface area contributed by atoms with Crippen molar-refractivity contribution in [1.29, 1.82) is 0 Å². The molecule has 0 radical (unpaired) electrons. The van der Waals surface area contributed by atoms with E-state index >= 15 is 0 Å². The lowest BCUT2D eigenvalue weighted by Gasteiger charge is -2.39. The predicted molar refractivity (Wildman–Crippen MR) is 146 cm³/mol. The van der Waals surface area contributed by atoms with E-state index < -0.39 is 29.2 Å². The number of nitrogens with one attached hydrogen (secondary N) is 3. The summed E-state index contributed by atoms with van der Waals surface area (Å²) in [6.45, 7) is 0.876. The van der Waals surface area contributed by atoms with Crippen molar-refractivity contribution in [2.24, 2.45) is 0 Å². The smallest absolute Gasteiger partial charge is 0.453 e. The van der Waals surface area contributed by atoms with Crippen LogP contribution in [0.3, 0.4) is 0 Å². The maximum Gasteiger partial charge on any atom is 0.453 e. The maximum absolute atomic E-state index is 13.4. The summed E-state index contributed by atoms with van der Waals surface area (Å²) >= 11 is 0. The lowest BCUT2D eigenvalue weighted by Crippen LogP contribution is -2.50. The number of aromatic nitrogens is 6. The highest BCUT2D eigenvalue weighted by Crippen LogP contribution is 2.31. The van der Waals surface area contributed by atoms with E-state index in [2.05, 4.69) is 25.8 Å². The molecular formula is C26H26ClF3N8O4. The molecule has 0 spiro atoms. The number of hydrogen-bond acceptors (Lipinski definition) is 8. The van der Waals surface area contributed by atoms with Crippen molar-refractivity contribution < 1.29 is 22.7 Å². The average Bonchev–Trinajstić information content (AvgIpc) is 3.47. The van der Waals surface area contributed by atoms with Gasteiger partial charge in [-0.05, 0) is 40.6 Å². The van der Waals surface area contributed by atoms with Gasteiger partial charge in [-0.25, -0.2) is 4.79 Å². The fourth-order valence-corrected chi connectivity index (χ4v) is 4.99. The zero-order valence-corrected chi connectivity index (χ0v) is 22.9. The molecule has 3 N–H and O–H groups in total. The van der Waals surface area contributed by atoms with E-state index in [-0.39, 0.29) is 42.3 Å². The number of piperidine rings is 1. The number of tetrazole rings is 1. The second kappa shape index (κ2) is 12.6. The van der Waals surface area contributed by atoms with Crippen LogP contribution in [-0.2, 0) is 12.7 Å². The van der Waals surface area contributed by atoms with Gasteiger partial charge >= 0.3 is 11.9 Å². The number of rotatable bonds is 7. The van der Waals surface area contributed by atoms with Crippen LogP contribution < -0.4 is 21.3 Å². The Morgan fingerprint density at radius 2 is 1.88 bits per heavy atom. The van der Waals surface area contributed by atoms with Crippen LogP contribution >= 0.6 is 12.4 Å². The van der Waals surface area contributed by atoms with E-state index in [1.54, 1.807) is 11.0 Å². The van der Waals surface area contributed by atoms with E-state index in [1.165, 1.54) is 19.2 Å². The molecule has 16 heteroatoms. The molecule has 2 atom stereocenters. The molecule has 3 heterocycles. The van der Waals surface area contributed by atoms with Crippen molar-refractivity contribution in [3.63, 3.8) is 0 Å². The van der Waals surface area contributed by atoms with Crippen LogP contribution in [-0.4, -0.2) is 67.2 Å². The van der Waals surface area contributed by atoms with Crippen molar-refractivity contribution in [2.75, 3.05) is 20.2 Å². The summed E-state index contributed by atoms with van der Waals surface area (Å²) in [6, 6.07) is 15.0. The third-order valence-electron chi connectivity index (χ3n) is 6.90. The van der Waals surface area contributed by atoms with Crippen LogP contribution in [0, 0.1) is 0 Å². The van der Waals surface area contributed by atoms with Crippen LogP contribution in [0.15, 0.2) is 64.2 Å². The van der Waals surface area contributed by atoms with Crippen molar-refractivity contribution in [3.05, 3.63) is 98.1 Å². The lowest BCUT2D eigenvalue weighted by atomic mass is 9.85. The third-order valence-corrected chi connectivity index (χ3v) is 6.90. The number of halogens is 4. The number of methoxy groups -OCH3 is 1. The summed E-state index contributed by atoms with van der Waals surface area (Å²) in [7, 11) is 1.46. The Morgan fingerprint density at radius 3 is 2.57 bits per heavy atom. The normalized spacial score (nSPS) is 17.0. The quantitative estimate of drug-likeness (QED) is 0.290. The van der Waals surface area contributed by atoms with E-state index in [0.717, 1.165) is 11.6 Å². The first-order chi connectivity index (χ1) is 19.6. The molecule has 42 heavy (non-hydrogen) atoms. The number of carbonyl (C=O) groups excluding carboxylic acids is 1. The molecule has 4 aromatic rings. The first kappa shape index (κ1) is 30.5. The lowest BCUT2D eigenvalue weighted by molar-refractivity contribution is -0.146. The Kier molecular flexibility index (Phi) is 9.11. The van der Waals surface area contributed by atoms with Crippen molar-refractivity contribution >= 4 is 18.3 Å². The number of nitrogens with zero attached hydrogens (tertiary/aromatic N) is 5. The van der Waals surface area contributed by atoms with Crippen LogP contribution in [0.2, 0.25) is 0 Å². The van der Waals surface area contributed by atoms with E-state index in [9.17, 15) is 27.6 Å². The van der Waals surface area contributed by atoms with Crippen LogP contribution in [0.4, 0.5) is 13.2 Å². The molecule has 222 valence electrons. The zero-order chi connectivity index (χ0) is 29.1. The maximum atomic E-state index is 13.4. The number of aromatic amines is 2. The Bertz CT molecular complexity index is 1630. The topological polar surface area (TPSA) is 151 Å². The number of amides is 1. The summed E-state index contributed by atoms with van der Waals surface area (Å²) < 4.78 is 46.2. The largest absolute Gasteiger partial charge is 0.496 e. The first-order valence-electron chi connectivity index (χ1n) is 12.6. The minimum atomic E-state index is -4.74. The number of alkyl halides is 3. The highest BCUT2D eigenvalue weighted by Gasteiger charge is 2.38. The van der Waals surface area contributed by atoms with Crippen LogP contribution in [0.5, 0.6) is 5.75 Å². The minimum Gasteiger partial charge on any atom is -0.496 e. The van der Waals surface area contributed by atoms with Crippen LogP contribution in [0.25, 0.3) is 5.69 Å². The fourth-order valence-electron chi connectivity index (χ4n) is 4.99. The predicted octanol–water partition coefficient (Wildman–Crippen LogP) is 2.28. The highest BCUT2D eigenvalue weighted by molar-refractivity contribution is 5.92. The molecule has 0 unspecified atom stereocenters. The van der Waals surface area contributed by atoms with Gasteiger partial charge < -0.3 is 19.9 Å². The molecule has 1 aliphatic heterocycles. The Morgan fingerprint density at radius 1 is 1.12 bits per heavy atom. The summed E-state index contributed by atoms with van der Waals surface area (Å²) in [6.07, 6.45) is -4.22. The molecular weight excluding hydrogens is 581 g/mol. The number of likely N-dealkylation sites (tertiary alicyclic amines) is 1. The molecule has 1 fully saturated rings. The van der Waals surface area contributed by atoms with Gasteiger partial charge in [0.1, 0.15) is 11.4 Å². The molecule has 5 rings (SSSR count). The molecule has 0 saturated carbocycles. The second-order valence-electron chi connectivity index (χ2n) is 9.45. The monoisotopic (exact) mass is 606 g/mol. The summed E-state index contributed by atoms with van der Waals surface area (Å²) in [5.41, 5.74) is 0.128. The van der Waals surface area contributed by atoms with Gasteiger partial charge in [0.2, 0.25) is 0 Å². The van der Waals surface area contributed by atoms with E-state index in [1.807, 2.05) is 35.3 Å². The van der Waals surface area contributed by atoms with Gasteiger partial charge in [-0.3, -0.25) is 14.6 Å². The average molecular weight is 607 g/mol. The number of benzene rings is 2. The highest BCUT2D eigenvalue weighted by atomic mass is 35.5. The first-order valence-corrected chi connectivity index (χ1v) is 12.6. The van der Waals surface area contributed by atoms with Gasteiger partial charge in [0.15, 0.2) is 0 Å². The summed E-state index contributed by atoms with van der Waals surface area (Å²) in [5, 5.41) is 13.3. The third kappa shape index (κ3) is 6.52. The Labute approximate surface area is 242 Å². The van der Waals surface area contributed by atoms with Gasteiger partial charge in [-0.15, -0.1) is 17.5 Å². The summed E-state index contributed by atoms with van der Waals surface area (Å²) in [4.78, 5) is 42.6. The standard InChI is InChI=1S/C26H25F3N8O4.ClH/c1-41-21-8-7-17(37-24(26(27,28)29)33-34-35-37)11-16(21)13-30-19-9-10-36(14-18(19)15-5-3-2-4-6-15)23(39)20-12-22(38)32-25(40)31-20;/h2-8,11-12,18-19,30H,9-10,13-14H2,1H3,(H2,31,32,38,40);1H/t18-,19-;/m0./s1. The molecule has 0 aliphatic carbocycles. The van der Waals surface area contributed by atoms with Gasteiger partial charge in [0.05, 0.1) is 12.8 Å². The molecule has 1 aliphatic rings. The van der Waals surface area contributed by atoms with Crippen molar-refractivity contribution in [2.45, 2.75) is 31.1 Å². The molecule has 2 aromatic carbocycles. The van der Waals surface area contributed by atoms with Crippen LogP contribution in [0.1, 0.15) is 39.8 Å². The van der Waals surface area contributed by atoms with E-state index in [4.69, 9.17) is 4.74 Å².